The SMILES string of the molecule is CCOCCCNC(=NCc1ccncn1)NN. The highest BCUT2D eigenvalue weighted by molar-refractivity contribution is 5.79. The van der Waals surface area contributed by atoms with Gasteiger partial charge in [0.05, 0.1) is 12.2 Å². The molecule has 0 atom stereocenters. The van der Waals surface area contributed by atoms with Crippen LogP contribution in [0.15, 0.2) is 23.6 Å². The Bertz CT molecular complexity index is 343. The van der Waals surface area contributed by atoms with Crippen LogP contribution < -0.4 is 16.6 Å². The van der Waals surface area contributed by atoms with Crippen LogP contribution in [-0.2, 0) is 11.3 Å². The second kappa shape index (κ2) is 9.32. The Hall–Kier alpha value is -1.73. The highest BCUT2D eigenvalue weighted by Crippen LogP contribution is 1.93. The Morgan fingerprint density at radius 2 is 2.44 bits per heavy atom. The molecule has 18 heavy (non-hydrogen) atoms. The number of hydrogen-bond donors (Lipinski definition) is 3. The van der Waals surface area contributed by atoms with Gasteiger partial charge in [-0.1, -0.05) is 0 Å². The van der Waals surface area contributed by atoms with E-state index in [1.165, 1.54) is 6.33 Å². The summed E-state index contributed by atoms with van der Waals surface area (Å²) in [5.41, 5.74) is 3.36. The minimum Gasteiger partial charge on any atom is -0.382 e. The number of rotatable bonds is 7. The number of ether oxygens (including phenoxy) is 1. The number of nitrogens with one attached hydrogen (secondary N) is 2. The molecule has 0 aliphatic carbocycles. The number of hydrogen-bond acceptors (Lipinski definition) is 5. The minimum absolute atomic E-state index is 0.459. The van der Waals surface area contributed by atoms with Crippen molar-refractivity contribution in [3.05, 3.63) is 24.3 Å². The maximum absolute atomic E-state index is 5.37. The molecule has 0 aliphatic heterocycles. The van der Waals surface area contributed by atoms with Crippen molar-refractivity contribution in [2.45, 2.75) is 19.9 Å². The molecule has 0 bridgehead atoms. The van der Waals surface area contributed by atoms with Crippen LogP contribution in [0.2, 0.25) is 0 Å². The Labute approximate surface area is 107 Å². The first kappa shape index (κ1) is 14.3. The number of nitrogens with zero attached hydrogens (tertiary/aromatic N) is 3. The van der Waals surface area contributed by atoms with Crippen molar-refractivity contribution in [3.8, 4) is 0 Å². The zero-order valence-corrected chi connectivity index (χ0v) is 10.6. The summed E-state index contributed by atoms with van der Waals surface area (Å²) >= 11 is 0. The van der Waals surface area contributed by atoms with Crippen molar-refractivity contribution >= 4 is 5.96 Å². The lowest BCUT2D eigenvalue weighted by Gasteiger charge is -2.08. The summed E-state index contributed by atoms with van der Waals surface area (Å²) < 4.78 is 5.23. The molecule has 7 nitrogen and oxygen atoms in total. The Balaban J connectivity index is 2.27. The first-order valence-electron chi connectivity index (χ1n) is 5.94. The van der Waals surface area contributed by atoms with E-state index in [1.807, 2.05) is 13.0 Å². The molecular formula is C11H20N6O. The summed E-state index contributed by atoms with van der Waals surface area (Å²) in [5, 5.41) is 3.09. The largest absolute Gasteiger partial charge is 0.382 e. The molecule has 0 aromatic carbocycles. The molecule has 0 aliphatic rings. The van der Waals surface area contributed by atoms with Crippen LogP contribution in [0.1, 0.15) is 19.0 Å². The number of guanidine groups is 1. The van der Waals surface area contributed by atoms with Crippen LogP contribution in [0.5, 0.6) is 0 Å². The summed E-state index contributed by atoms with van der Waals surface area (Å²) in [7, 11) is 0. The summed E-state index contributed by atoms with van der Waals surface area (Å²) in [5.74, 6) is 5.92. The summed E-state index contributed by atoms with van der Waals surface area (Å²) in [6, 6.07) is 1.81. The average Bonchev–Trinajstić information content (AvgIpc) is 2.43. The van der Waals surface area contributed by atoms with E-state index in [2.05, 4.69) is 25.7 Å². The summed E-state index contributed by atoms with van der Waals surface area (Å²) in [6.07, 6.45) is 4.08. The van der Waals surface area contributed by atoms with Crippen molar-refractivity contribution in [2.24, 2.45) is 10.8 Å². The molecule has 0 radical (unpaired) electrons. The van der Waals surface area contributed by atoms with Gasteiger partial charge < -0.3 is 10.1 Å². The molecule has 1 aromatic rings. The molecular weight excluding hydrogens is 232 g/mol. The van der Waals surface area contributed by atoms with Crippen LogP contribution in [0.3, 0.4) is 0 Å². The number of aromatic nitrogens is 2. The van der Waals surface area contributed by atoms with Crippen molar-refractivity contribution in [1.29, 1.82) is 0 Å². The van der Waals surface area contributed by atoms with Gasteiger partial charge in [-0.25, -0.2) is 20.8 Å². The number of aliphatic imine (C=N–C) groups is 1. The first-order valence-corrected chi connectivity index (χ1v) is 5.94. The zero-order chi connectivity index (χ0) is 13.1. The second-order valence-corrected chi connectivity index (χ2v) is 3.49. The van der Waals surface area contributed by atoms with Gasteiger partial charge in [-0.2, -0.15) is 0 Å². The molecule has 1 heterocycles. The van der Waals surface area contributed by atoms with Crippen LogP contribution in [0.4, 0.5) is 0 Å². The third-order valence-corrected chi connectivity index (χ3v) is 2.14. The minimum atomic E-state index is 0.459. The molecule has 1 aromatic heterocycles. The Morgan fingerprint density at radius 1 is 1.56 bits per heavy atom. The van der Waals surface area contributed by atoms with Gasteiger partial charge in [0, 0.05) is 26.0 Å². The Kier molecular flexibility index (Phi) is 7.42. The summed E-state index contributed by atoms with van der Waals surface area (Å²) in [4.78, 5) is 12.2. The smallest absolute Gasteiger partial charge is 0.206 e. The van der Waals surface area contributed by atoms with Gasteiger partial charge in [0.2, 0.25) is 5.96 Å². The topological polar surface area (TPSA) is 97.4 Å². The lowest BCUT2D eigenvalue weighted by Crippen LogP contribution is -2.42. The monoisotopic (exact) mass is 252 g/mol. The number of nitrogens with two attached hydrogens (primary N) is 1. The molecule has 0 spiro atoms. The normalized spacial score (nSPS) is 11.3. The molecule has 0 saturated carbocycles. The maximum Gasteiger partial charge on any atom is 0.206 e. The molecule has 0 unspecified atom stereocenters. The highest BCUT2D eigenvalue weighted by atomic mass is 16.5. The zero-order valence-electron chi connectivity index (χ0n) is 10.6. The van der Waals surface area contributed by atoms with Gasteiger partial charge in [-0.05, 0) is 19.4 Å². The third kappa shape index (κ3) is 6.12. The quantitative estimate of drug-likeness (QED) is 0.205. The van der Waals surface area contributed by atoms with E-state index in [4.69, 9.17) is 10.6 Å². The second-order valence-electron chi connectivity index (χ2n) is 3.49. The predicted octanol–water partition coefficient (Wildman–Crippen LogP) is -0.188. The van der Waals surface area contributed by atoms with Gasteiger partial charge in [0.25, 0.3) is 0 Å². The van der Waals surface area contributed by atoms with Gasteiger partial charge in [0.15, 0.2) is 0 Å². The number of hydrazine groups is 1. The van der Waals surface area contributed by atoms with Crippen LogP contribution >= 0.6 is 0 Å². The van der Waals surface area contributed by atoms with Gasteiger partial charge >= 0.3 is 0 Å². The van der Waals surface area contributed by atoms with Crippen molar-refractivity contribution in [2.75, 3.05) is 19.8 Å². The molecule has 0 saturated heterocycles. The predicted molar refractivity (Wildman–Crippen MR) is 69.6 cm³/mol. The van der Waals surface area contributed by atoms with Crippen molar-refractivity contribution < 1.29 is 4.74 Å². The Morgan fingerprint density at radius 3 is 3.11 bits per heavy atom. The van der Waals surface area contributed by atoms with Gasteiger partial charge in [0.1, 0.15) is 6.33 Å². The molecule has 1 rings (SSSR count). The third-order valence-electron chi connectivity index (χ3n) is 2.14. The van der Waals surface area contributed by atoms with E-state index in [0.717, 1.165) is 31.9 Å². The highest BCUT2D eigenvalue weighted by Gasteiger charge is 1.96. The lowest BCUT2D eigenvalue weighted by molar-refractivity contribution is 0.145. The van der Waals surface area contributed by atoms with Crippen molar-refractivity contribution in [3.63, 3.8) is 0 Å². The standard InChI is InChI=1S/C11H20N6O/c1-2-18-7-3-5-14-11(17-12)15-8-10-4-6-13-9-16-10/h4,6,9H,2-3,5,7-8,12H2,1H3,(H2,14,15,17). The first-order chi connectivity index (χ1) is 8.86. The molecule has 100 valence electrons. The molecule has 4 N–H and O–H groups in total. The van der Waals surface area contributed by atoms with Gasteiger partial charge in [-0.15, -0.1) is 0 Å². The van der Waals surface area contributed by atoms with Crippen LogP contribution in [0.25, 0.3) is 0 Å². The van der Waals surface area contributed by atoms with E-state index in [-0.39, 0.29) is 0 Å². The van der Waals surface area contributed by atoms with E-state index in [0.29, 0.717) is 12.5 Å². The average molecular weight is 252 g/mol. The fourth-order valence-electron chi connectivity index (χ4n) is 1.25. The van der Waals surface area contributed by atoms with Gasteiger partial charge in [-0.3, -0.25) is 5.43 Å². The van der Waals surface area contributed by atoms with E-state index < -0.39 is 0 Å². The maximum atomic E-state index is 5.37. The van der Waals surface area contributed by atoms with Crippen LogP contribution in [-0.4, -0.2) is 35.7 Å². The lowest BCUT2D eigenvalue weighted by atomic mass is 10.4. The fourth-order valence-corrected chi connectivity index (χ4v) is 1.25. The van der Waals surface area contributed by atoms with Crippen molar-refractivity contribution in [1.82, 2.24) is 20.7 Å². The molecule has 7 heteroatoms. The molecule has 0 amide bonds. The summed E-state index contributed by atoms with van der Waals surface area (Å²) in [6.45, 7) is 4.66. The van der Waals surface area contributed by atoms with E-state index in [1.54, 1.807) is 6.20 Å². The van der Waals surface area contributed by atoms with E-state index in [9.17, 15) is 0 Å². The van der Waals surface area contributed by atoms with E-state index >= 15 is 0 Å². The van der Waals surface area contributed by atoms with Crippen LogP contribution in [0, 0.1) is 0 Å². The molecule has 0 fully saturated rings. The fraction of sp³-hybridized carbons (Fsp3) is 0.545.